The summed E-state index contributed by atoms with van der Waals surface area (Å²) >= 11 is 5.63. The van der Waals surface area contributed by atoms with Crippen molar-refractivity contribution >= 4 is 23.5 Å². The lowest BCUT2D eigenvalue weighted by Gasteiger charge is -2.02. The summed E-state index contributed by atoms with van der Waals surface area (Å²) in [6, 6.07) is 4.44. The van der Waals surface area contributed by atoms with Crippen LogP contribution in [0.5, 0.6) is 0 Å². The van der Waals surface area contributed by atoms with Crippen LogP contribution < -0.4 is 5.32 Å². The number of carboxylic acids is 1. The van der Waals surface area contributed by atoms with Gasteiger partial charge >= 0.3 is 5.97 Å². The number of halogens is 1. The molecule has 0 aliphatic carbocycles. The summed E-state index contributed by atoms with van der Waals surface area (Å²) in [7, 11) is 0. The van der Waals surface area contributed by atoms with Crippen LogP contribution in [0.4, 0.5) is 0 Å². The van der Waals surface area contributed by atoms with Gasteiger partial charge in [-0.1, -0.05) is 11.6 Å². The van der Waals surface area contributed by atoms with Gasteiger partial charge in [0.05, 0.1) is 12.1 Å². The molecule has 1 amide bonds. The van der Waals surface area contributed by atoms with Gasteiger partial charge in [0, 0.05) is 6.20 Å². The predicted octanol–water partition coefficient (Wildman–Crippen LogP) is 2.26. The Kier molecular flexibility index (Phi) is 4.05. The van der Waals surface area contributed by atoms with Crippen molar-refractivity contribution in [2.24, 2.45) is 0 Å². The van der Waals surface area contributed by atoms with Crippen molar-refractivity contribution in [1.82, 2.24) is 10.3 Å². The van der Waals surface area contributed by atoms with Crippen LogP contribution >= 0.6 is 11.6 Å². The summed E-state index contributed by atoms with van der Waals surface area (Å²) in [6.45, 7) is 1.65. The van der Waals surface area contributed by atoms with Gasteiger partial charge in [0.1, 0.15) is 22.2 Å². The Hall–Kier alpha value is -2.34. The number of pyridine rings is 1. The number of carbonyl (C=O) groups excluding carboxylic acids is 1. The van der Waals surface area contributed by atoms with Crippen LogP contribution in [0.25, 0.3) is 0 Å². The first-order valence-corrected chi connectivity index (χ1v) is 6.07. The van der Waals surface area contributed by atoms with E-state index in [9.17, 15) is 9.59 Å². The third-order valence-corrected chi connectivity index (χ3v) is 2.84. The second kappa shape index (κ2) is 5.75. The monoisotopic (exact) mass is 294 g/mol. The van der Waals surface area contributed by atoms with Crippen molar-refractivity contribution in [3.63, 3.8) is 0 Å². The van der Waals surface area contributed by atoms with Crippen molar-refractivity contribution in [2.75, 3.05) is 0 Å². The van der Waals surface area contributed by atoms with E-state index in [1.54, 1.807) is 13.0 Å². The number of nitrogens with zero attached hydrogens (tertiary/aromatic N) is 1. The molecule has 2 aromatic heterocycles. The van der Waals surface area contributed by atoms with Gasteiger partial charge < -0.3 is 14.8 Å². The van der Waals surface area contributed by atoms with Gasteiger partial charge in [0.15, 0.2) is 0 Å². The lowest BCUT2D eigenvalue weighted by molar-refractivity contribution is 0.0694. The third-order valence-electron chi connectivity index (χ3n) is 2.61. The van der Waals surface area contributed by atoms with Crippen molar-refractivity contribution in [1.29, 1.82) is 0 Å². The van der Waals surface area contributed by atoms with Gasteiger partial charge in [0.25, 0.3) is 5.91 Å². The molecule has 0 bridgehead atoms. The molecule has 0 atom stereocenters. The number of amides is 1. The summed E-state index contributed by atoms with van der Waals surface area (Å²) in [4.78, 5) is 26.5. The fourth-order valence-electron chi connectivity index (χ4n) is 1.62. The van der Waals surface area contributed by atoms with Crippen LogP contribution in [0.15, 0.2) is 28.8 Å². The van der Waals surface area contributed by atoms with Crippen LogP contribution in [0, 0.1) is 6.92 Å². The van der Waals surface area contributed by atoms with Gasteiger partial charge in [-0.25, -0.2) is 9.78 Å². The topological polar surface area (TPSA) is 92.4 Å². The van der Waals surface area contributed by atoms with E-state index in [1.165, 1.54) is 18.3 Å². The Morgan fingerprint density at radius 1 is 1.45 bits per heavy atom. The molecular formula is C13H11ClN2O4. The quantitative estimate of drug-likeness (QED) is 0.844. The van der Waals surface area contributed by atoms with Crippen LogP contribution in [0.1, 0.15) is 32.2 Å². The molecule has 0 saturated heterocycles. The average Bonchev–Trinajstić information content (AvgIpc) is 2.78. The molecular weight excluding hydrogens is 284 g/mol. The molecule has 6 nitrogen and oxygen atoms in total. The van der Waals surface area contributed by atoms with Crippen molar-refractivity contribution in [3.05, 3.63) is 52.2 Å². The number of nitrogens with one attached hydrogen (secondary N) is 1. The zero-order chi connectivity index (χ0) is 14.7. The highest BCUT2D eigenvalue weighted by molar-refractivity contribution is 6.29. The highest BCUT2D eigenvalue weighted by Crippen LogP contribution is 2.14. The predicted molar refractivity (Wildman–Crippen MR) is 70.8 cm³/mol. The molecule has 0 aliphatic rings. The summed E-state index contributed by atoms with van der Waals surface area (Å²) in [5.41, 5.74) is 0.443. The van der Waals surface area contributed by atoms with Gasteiger partial charge in [-0.15, -0.1) is 0 Å². The lowest BCUT2D eigenvalue weighted by atomic mass is 10.2. The van der Waals surface area contributed by atoms with E-state index < -0.39 is 5.97 Å². The first kappa shape index (κ1) is 14.1. The molecule has 2 rings (SSSR count). The molecule has 2 N–H and O–H groups in total. The molecule has 0 unspecified atom stereocenters. The van der Waals surface area contributed by atoms with E-state index in [2.05, 4.69) is 10.3 Å². The molecule has 0 aromatic carbocycles. The highest BCUT2D eigenvalue weighted by Gasteiger charge is 2.14. The first-order valence-electron chi connectivity index (χ1n) is 5.69. The van der Waals surface area contributed by atoms with Gasteiger partial charge in [-0.2, -0.15) is 0 Å². The van der Waals surface area contributed by atoms with Crippen LogP contribution in [-0.2, 0) is 6.54 Å². The second-order valence-corrected chi connectivity index (χ2v) is 4.43. The Morgan fingerprint density at radius 2 is 2.20 bits per heavy atom. The van der Waals surface area contributed by atoms with Crippen molar-refractivity contribution < 1.29 is 19.1 Å². The number of carbonyl (C=O) groups is 2. The van der Waals surface area contributed by atoms with Gasteiger partial charge in [-0.3, -0.25) is 4.79 Å². The van der Waals surface area contributed by atoms with E-state index in [0.29, 0.717) is 22.2 Å². The number of aromatic nitrogens is 1. The molecule has 0 saturated carbocycles. The zero-order valence-electron chi connectivity index (χ0n) is 10.5. The van der Waals surface area contributed by atoms with E-state index in [0.717, 1.165) is 0 Å². The SMILES string of the molecule is Cc1oc(CNC(=O)c2ccc(Cl)nc2)cc1C(=O)O. The molecule has 0 fully saturated rings. The van der Waals surface area contributed by atoms with Crippen LogP contribution in [0.2, 0.25) is 5.15 Å². The van der Waals surface area contributed by atoms with Crippen LogP contribution in [-0.4, -0.2) is 22.0 Å². The van der Waals surface area contributed by atoms with Crippen molar-refractivity contribution in [2.45, 2.75) is 13.5 Å². The Bertz CT molecular complexity index is 649. The maximum atomic E-state index is 11.8. The Balaban J connectivity index is 2.01. The summed E-state index contributed by atoms with van der Waals surface area (Å²) in [5.74, 6) is -0.740. The number of aryl methyl sites for hydroxylation is 1. The summed E-state index contributed by atoms with van der Waals surface area (Å²) < 4.78 is 5.25. The number of aromatic carboxylic acids is 1. The highest BCUT2D eigenvalue weighted by atomic mass is 35.5. The maximum Gasteiger partial charge on any atom is 0.339 e. The molecule has 7 heteroatoms. The van der Waals surface area contributed by atoms with E-state index in [-0.39, 0.29) is 18.0 Å². The Labute approximate surface area is 119 Å². The summed E-state index contributed by atoms with van der Waals surface area (Å²) in [5, 5.41) is 11.8. The largest absolute Gasteiger partial charge is 0.478 e. The number of furan rings is 1. The molecule has 0 aliphatic heterocycles. The standard InChI is InChI=1S/C13H11ClN2O4/c1-7-10(13(18)19)4-9(20-7)6-16-12(17)8-2-3-11(14)15-5-8/h2-5H,6H2,1H3,(H,16,17)(H,18,19). The van der Waals surface area contributed by atoms with Gasteiger partial charge in [0.2, 0.25) is 0 Å². The molecule has 0 spiro atoms. The minimum absolute atomic E-state index is 0.0856. The minimum atomic E-state index is -1.06. The van der Waals surface area contributed by atoms with Crippen molar-refractivity contribution in [3.8, 4) is 0 Å². The lowest BCUT2D eigenvalue weighted by Crippen LogP contribution is -2.22. The first-order chi connectivity index (χ1) is 9.47. The number of carboxylic acid groups (broad SMARTS) is 1. The molecule has 20 heavy (non-hydrogen) atoms. The number of hydrogen-bond donors (Lipinski definition) is 2. The van der Waals surface area contributed by atoms with Gasteiger partial charge in [-0.05, 0) is 25.1 Å². The maximum absolute atomic E-state index is 11.8. The van der Waals surface area contributed by atoms with E-state index in [1.807, 2.05) is 0 Å². The zero-order valence-corrected chi connectivity index (χ0v) is 11.3. The minimum Gasteiger partial charge on any atom is -0.478 e. The second-order valence-electron chi connectivity index (χ2n) is 4.04. The normalized spacial score (nSPS) is 10.3. The number of hydrogen-bond acceptors (Lipinski definition) is 4. The van der Waals surface area contributed by atoms with Crippen LogP contribution in [0.3, 0.4) is 0 Å². The molecule has 0 radical (unpaired) electrons. The third kappa shape index (κ3) is 3.16. The van der Waals surface area contributed by atoms with E-state index >= 15 is 0 Å². The molecule has 104 valence electrons. The molecule has 2 heterocycles. The average molecular weight is 295 g/mol. The smallest absolute Gasteiger partial charge is 0.339 e. The molecule has 2 aromatic rings. The fourth-order valence-corrected chi connectivity index (χ4v) is 1.73. The van der Waals surface area contributed by atoms with E-state index in [4.69, 9.17) is 21.1 Å². The fraction of sp³-hybridized carbons (Fsp3) is 0.154. The number of rotatable bonds is 4. The summed E-state index contributed by atoms with van der Waals surface area (Å²) in [6.07, 6.45) is 1.35. The Morgan fingerprint density at radius 3 is 2.75 bits per heavy atom.